The number of aryl methyl sites for hydroxylation is 1. The van der Waals surface area contributed by atoms with Crippen LogP contribution in [0.4, 0.5) is 5.82 Å². The molecule has 2 N–H and O–H groups in total. The zero-order valence-electron chi connectivity index (χ0n) is 15.4. The highest BCUT2D eigenvalue weighted by Crippen LogP contribution is 2.12. The van der Waals surface area contributed by atoms with Gasteiger partial charge in [-0.25, -0.2) is 9.97 Å². The van der Waals surface area contributed by atoms with Gasteiger partial charge in [-0.3, -0.25) is 4.79 Å². The predicted octanol–water partition coefficient (Wildman–Crippen LogP) is 3.34. The van der Waals surface area contributed by atoms with Crippen LogP contribution < -0.4 is 15.4 Å². The third-order valence-electron chi connectivity index (χ3n) is 4.09. The molecule has 0 aliphatic heterocycles. The number of carbonyl (C=O) groups excluding carboxylic acids is 1. The van der Waals surface area contributed by atoms with Crippen molar-refractivity contribution in [3.63, 3.8) is 0 Å². The lowest BCUT2D eigenvalue weighted by molar-refractivity contribution is 0.0945. The second-order valence-corrected chi connectivity index (χ2v) is 6.16. The second kappa shape index (κ2) is 8.80. The number of nitrogens with one attached hydrogen (secondary N) is 2. The summed E-state index contributed by atoms with van der Waals surface area (Å²) in [4.78, 5) is 20.6. The van der Waals surface area contributed by atoms with Crippen LogP contribution in [0.25, 0.3) is 0 Å². The molecule has 0 aliphatic carbocycles. The molecule has 27 heavy (non-hydrogen) atoms. The first-order valence-electron chi connectivity index (χ1n) is 8.66. The van der Waals surface area contributed by atoms with E-state index in [9.17, 15) is 4.79 Å². The van der Waals surface area contributed by atoms with Crippen LogP contribution in [0.2, 0.25) is 0 Å². The van der Waals surface area contributed by atoms with Crippen molar-refractivity contribution in [1.82, 2.24) is 15.3 Å². The summed E-state index contributed by atoms with van der Waals surface area (Å²) >= 11 is 0. The second-order valence-electron chi connectivity index (χ2n) is 6.16. The smallest absolute Gasteiger partial charge is 0.271 e. The Morgan fingerprint density at radius 1 is 0.926 bits per heavy atom. The van der Waals surface area contributed by atoms with Gasteiger partial charge in [0.15, 0.2) is 0 Å². The van der Waals surface area contributed by atoms with E-state index in [0.29, 0.717) is 18.9 Å². The summed E-state index contributed by atoms with van der Waals surface area (Å²) in [5.41, 5.74) is 3.61. The maximum Gasteiger partial charge on any atom is 0.271 e. The Balaban J connectivity index is 1.51. The molecule has 0 bridgehead atoms. The van der Waals surface area contributed by atoms with Gasteiger partial charge in [0.1, 0.15) is 17.3 Å². The number of nitrogens with zero attached hydrogens (tertiary/aromatic N) is 2. The van der Waals surface area contributed by atoms with Crippen molar-refractivity contribution in [1.29, 1.82) is 0 Å². The predicted molar refractivity (Wildman–Crippen MR) is 105 cm³/mol. The van der Waals surface area contributed by atoms with E-state index in [-0.39, 0.29) is 11.6 Å². The molecule has 0 fully saturated rings. The van der Waals surface area contributed by atoms with Crippen LogP contribution in [0.1, 0.15) is 27.2 Å². The van der Waals surface area contributed by atoms with Crippen LogP contribution in [-0.4, -0.2) is 23.0 Å². The van der Waals surface area contributed by atoms with Gasteiger partial charge in [-0.1, -0.05) is 42.0 Å². The molecule has 0 unspecified atom stereocenters. The Morgan fingerprint density at radius 2 is 1.59 bits per heavy atom. The van der Waals surface area contributed by atoms with Crippen molar-refractivity contribution < 1.29 is 9.53 Å². The molecule has 3 rings (SSSR count). The quantitative estimate of drug-likeness (QED) is 0.674. The summed E-state index contributed by atoms with van der Waals surface area (Å²) in [6.45, 7) is 3.10. The van der Waals surface area contributed by atoms with E-state index >= 15 is 0 Å². The lowest BCUT2D eigenvalue weighted by atomic mass is 10.1. The van der Waals surface area contributed by atoms with Gasteiger partial charge < -0.3 is 15.4 Å². The molecule has 1 aromatic heterocycles. The Hall–Kier alpha value is -3.41. The topological polar surface area (TPSA) is 76.1 Å². The summed E-state index contributed by atoms with van der Waals surface area (Å²) in [6.07, 6.45) is 3.03. The van der Waals surface area contributed by atoms with E-state index < -0.39 is 0 Å². The van der Waals surface area contributed by atoms with Crippen molar-refractivity contribution in [2.45, 2.75) is 20.0 Å². The Bertz CT molecular complexity index is 876. The van der Waals surface area contributed by atoms with Crippen molar-refractivity contribution in [2.24, 2.45) is 0 Å². The van der Waals surface area contributed by atoms with Crippen molar-refractivity contribution in [3.8, 4) is 5.75 Å². The summed E-state index contributed by atoms with van der Waals surface area (Å²) < 4.78 is 5.14. The van der Waals surface area contributed by atoms with E-state index in [1.54, 1.807) is 13.3 Å². The minimum absolute atomic E-state index is 0.246. The number of carbonyl (C=O) groups is 1. The molecule has 138 valence electrons. The minimum atomic E-state index is -0.246. The number of benzene rings is 2. The normalized spacial score (nSPS) is 10.3. The molecule has 6 nitrogen and oxygen atoms in total. The SMILES string of the molecule is COc1ccc(CNc2cnc(C(=O)NCc3ccc(C)cc3)cn2)cc1. The average molecular weight is 362 g/mol. The summed E-state index contributed by atoms with van der Waals surface area (Å²) in [7, 11) is 1.64. The molecule has 3 aromatic rings. The fourth-order valence-electron chi connectivity index (χ4n) is 2.45. The van der Waals surface area contributed by atoms with E-state index in [0.717, 1.165) is 16.9 Å². The Labute approximate surface area is 158 Å². The zero-order valence-corrected chi connectivity index (χ0v) is 15.4. The molecule has 2 aromatic carbocycles. The van der Waals surface area contributed by atoms with Gasteiger partial charge in [-0.2, -0.15) is 0 Å². The van der Waals surface area contributed by atoms with Gasteiger partial charge in [0, 0.05) is 13.1 Å². The standard InChI is InChI=1S/C21H22N4O2/c1-15-3-5-16(6-4-15)12-25-21(26)19-13-24-20(14-22-19)23-11-17-7-9-18(27-2)10-8-17/h3-10,13-14H,11-12H2,1-2H3,(H,23,24)(H,25,26). The minimum Gasteiger partial charge on any atom is -0.497 e. The van der Waals surface area contributed by atoms with Crippen molar-refractivity contribution >= 4 is 11.7 Å². The van der Waals surface area contributed by atoms with Crippen LogP contribution in [0.5, 0.6) is 5.75 Å². The third-order valence-corrected chi connectivity index (χ3v) is 4.09. The highest BCUT2D eigenvalue weighted by molar-refractivity contribution is 5.91. The van der Waals surface area contributed by atoms with E-state index in [4.69, 9.17) is 4.74 Å². The molecule has 0 saturated carbocycles. The van der Waals surface area contributed by atoms with Gasteiger partial charge in [0.25, 0.3) is 5.91 Å². The Kier molecular flexibility index (Phi) is 5.99. The number of aromatic nitrogens is 2. The van der Waals surface area contributed by atoms with E-state index in [2.05, 4.69) is 20.6 Å². The number of methoxy groups -OCH3 is 1. The number of rotatable bonds is 7. The summed E-state index contributed by atoms with van der Waals surface area (Å²) in [5, 5.41) is 6.03. The molecule has 0 atom stereocenters. The average Bonchev–Trinajstić information content (AvgIpc) is 2.72. The molecule has 1 heterocycles. The first kappa shape index (κ1) is 18.4. The van der Waals surface area contributed by atoms with Crippen molar-refractivity contribution in [2.75, 3.05) is 12.4 Å². The first-order chi connectivity index (χ1) is 13.1. The van der Waals surface area contributed by atoms with Crippen LogP contribution in [0.3, 0.4) is 0 Å². The number of ether oxygens (including phenoxy) is 1. The lowest BCUT2D eigenvalue weighted by Gasteiger charge is -2.08. The maximum atomic E-state index is 12.2. The van der Waals surface area contributed by atoms with Crippen LogP contribution in [0.15, 0.2) is 60.9 Å². The fourth-order valence-corrected chi connectivity index (χ4v) is 2.45. The number of anilines is 1. The van der Waals surface area contributed by atoms with E-state index in [1.165, 1.54) is 11.8 Å². The summed E-state index contributed by atoms with van der Waals surface area (Å²) in [5.74, 6) is 1.19. The van der Waals surface area contributed by atoms with Crippen molar-refractivity contribution in [3.05, 3.63) is 83.3 Å². The number of hydrogen-bond acceptors (Lipinski definition) is 5. The fraction of sp³-hybridized carbons (Fsp3) is 0.190. The molecule has 6 heteroatoms. The highest BCUT2D eigenvalue weighted by Gasteiger charge is 2.08. The molecule has 0 radical (unpaired) electrons. The molecular formula is C21H22N4O2. The van der Waals surface area contributed by atoms with Gasteiger partial charge in [-0.15, -0.1) is 0 Å². The third kappa shape index (κ3) is 5.28. The van der Waals surface area contributed by atoms with Crippen LogP contribution >= 0.6 is 0 Å². The molecule has 0 saturated heterocycles. The Morgan fingerprint density at radius 3 is 2.22 bits per heavy atom. The molecule has 0 spiro atoms. The summed E-state index contributed by atoms with van der Waals surface area (Å²) in [6, 6.07) is 15.8. The highest BCUT2D eigenvalue weighted by atomic mass is 16.5. The van der Waals surface area contributed by atoms with Crippen LogP contribution in [0, 0.1) is 6.92 Å². The molecule has 1 amide bonds. The van der Waals surface area contributed by atoms with E-state index in [1.807, 2.05) is 55.5 Å². The largest absolute Gasteiger partial charge is 0.497 e. The zero-order chi connectivity index (χ0) is 19.1. The monoisotopic (exact) mass is 362 g/mol. The van der Waals surface area contributed by atoms with Crippen LogP contribution in [-0.2, 0) is 13.1 Å². The number of amides is 1. The number of hydrogen-bond donors (Lipinski definition) is 2. The van der Waals surface area contributed by atoms with Gasteiger partial charge in [0.2, 0.25) is 0 Å². The van der Waals surface area contributed by atoms with Gasteiger partial charge >= 0.3 is 0 Å². The lowest BCUT2D eigenvalue weighted by Crippen LogP contribution is -2.24. The maximum absolute atomic E-state index is 12.2. The molecule has 0 aliphatic rings. The first-order valence-corrected chi connectivity index (χ1v) is 8.66. The molecular weight excluding hydrogens is 340 g/mol. The van der Waals surface area contributed by atoms with Gasteiger partial charge in [-0.05, 0) is 30.2 Å². The van der Waals surface area contributed by atoms with Gasteiger partial charge in [0.05, 0.1) is 19.5 Å².